The number of benzene rings is 1. The number of amides is 2. The number of halogens is 3. The minimum atomic E-state index is -4.55. The number of rotatable bonds is 7. The van der Waals surface area contributed by atoms with Gasteiger partial charge in [-0.25, -0.2) is 13.2 Å². The molecule has 38 heavy (non-hydrogen) atoms. The van der Waals surface area contributed by atoms with Crippen molar-refractivity contribution in [1.82, 2.24) is 14.5 Å². The van der Waals surface area contributed by atoms with Crippen LogP contribution in [0.25, 0.3) is 0 Å². The number of alkyl halides is 3. The molecule has 2 amide bonds. The average Bonchev–Trinajstić information content (AvgIpc) is 3.37. The SMILES string of the molecule is CC(C)CC(C(=O)N[C@H]1CC[C@@H]2CN(S(=O)(=O)c3ccc(C(F)(F)F)cc3)C[C@@H]21)N(C)C(=O)OC(C)(C)C. The van der Waals surface area contributed by atoms with E-state index in [0.717, 1.165) is 24.3 Å². The summed E-state index contributed by atoms with van der Waals surface area (Å²) in [5, 5.41) is 3.06. The zero-order valence-electron chi connectivity index (χ0n) is 22.7. The first-order chi connectivity index (χ1) is 17.4. The van der Waals surface area contributed by atoms with E-state index in [1.165, 1.54) is 16.3 Å². The number of hydrogen-bond donors (Lipinski definition) is 1. The van der Waals surface area contributed by atoms with Crippen LogP contribution in [-0.4, -0.2) is 67.4 Å². The lowest BCUT2D eigenvalue weighted by Gasteiger charge is -2.32. The number of carbonyl (C=O) groups excluding carboxylic acids is 2. The first kappa shape index (κ1) is 30.2. The lowest BCUT2D eigenvalue weighted by atomic mass is 9.96. The van der Waals surface area contributed by atoms with E-state index in [1.54, 1.807) is 20.8 Å². The molecule has 1 heterocycles. The molecule has 8 nitrogen and oxygen atoms in total. The number of ether oxygens (including phenoxy) is 1. The number of hydrogen-bond acceptors (Lipinski definition) is 5. The molecule has 1 unspecified atom stereocenters. The largest absolute Gasteiger partial charge is 0.444 e. The van der Waals surface area contributed by atoms with Gasteiger partial charge in [-0.1, -0.05) is 13.8 Å². The molecule has 0 spiro atoms. The Kier molecular flexibility index (Phi) is 8.77. The fraction of sp³-hybridized carbons (Fsp3) is 0.692. The molecule has 0 bridgehead atoms. The summed E-state index contributed by atoms with van der Waals surface area (Å²) in [6.07, 6.45) is -3.33. The second kappa shape index (κ2) is 11.0. The van der Waals surface area contributed by atoms with Crippen molar-refractivity contribution in [3.05, 3.63) is 29.8 Å². The maximum Gasteiger partial charge on any atom is 0.416 e. The van der Waals surface area contributed by atoms with Crippen molar-refractivity contribution < 1.29 is 35.9 Å². The van der Waals surface area contributed by atoms with Crippen LogP contribution in [-0.2, 0) is 25.7 Å². The van der Waals surface area contributed by atoms with Crippen LogP contribution in [0.4, 0.5) is 18.0 Å². The third-order valence-corrected chi connectivity index (χ3v) is 8.96. The van der Waals surface area contributed by atoms with Gasteiger partial charge in [-0.15, -0.1) is 0 Å². The molecule has 2 aliphatic rings. The Labute approximate surface area is 222 Å². The van der Waals surface area contributed by atoms with E-state index in [-0.39, 0.29) is 47.7 Å². The van der Waals surface area contributed by atoms with Crippen LogP contribution in [0, 0.1) is 17.8 Å². The van der Waals surface area contributed by atoms with Gasteiger partial charge in [0.1, 0.15) is 11.6 Å². The zero-order valence-corrected chi connectivity index (χ0v) is 23.5. The molecule has 214 valence electrons. The summed E-state index contributed by atoms with van der Waals surface area (Å²) in [6.45, 7) is 9.56. The van der Waals surface area contributed by atoms with E-state index >= 15 is 0 Å². The first-order valence-electron chi connectivity index (χ1n) is 12.8. The number of sulfonamides is 1. The van der Waals surface area contributed by atoms with Crippen molar-refractivity contribution in [2.45, 2.75) is 82.6 Å². The standard InChI is InChI=1S/C26H38F3N3O5S/c1-16(2)13-22(31(6)24(34)37-25(3,4)5)23(33)30-21-12-7-17-14-32(15-20(17)21)38(35,36)19-10-8-18(9-11-19)26(27,28)29/h8-11,16-17,20-22H,7,12-15H2,1-6H3,(H,30,33)/t17-,20+,21+,22?/m1/s1. The van der Waals surface area contributed by atoms with E-state index < -0.39 is 39.5 Å². The van der Waals surface area contributed by atoms with Gasteiger partial charge in [0.25, 0.3) is 0 Å². The maximum atomic E-state index is 13.4. The molecule has 0 radical (unpaired) electrons. The van der Waals surface area contributed by atoms with E-state index in [9.17, 15) is 31.2 Å². The molecule has 1 N–H and O–H groups in total. The molecular formula is C26H38F3N3O5S. The molecule has 1 aromatic carbocycles. The minimum absolute atomic E-state index is 0.0247. The normalized spacial score (nSPS) is 23.3. The van der Waals surface area contributed by atoms with Gasteiger partial charge in [0, 0.05) is 26.2 Å². The third-order valence-electron chi connectivity index (χ3n) is 7.12. The minimum Gasteiger partial charge on any atom is -0.444 e. The predicted octanol–water partition coefficient (Wildman–Crippen LogP) is 4.50. The molecule has 4 atom stereocenters. The van der Waals surface area contributed by atoms with Gasteiger partial charge in [-0.3, -0.25) is 9.69 Å². The third kappa shape index (κ3) is 6.99. The zero-order chi connectivity index (χ0) is 28.6. The predicted molar refractivity (Wildman–Crippen MR) is 136 cm³/mol. The first-order valence-corrected chi connectivity index (χ1v) is 14.3. The number of nitrogens with zero attached hydrogens (tertiary/aromatic N) is 2. The summed E-state index contributed by atoms with van der Waals surface area (Å²) in [5.74, 6) is -0.295. The molecule has 0 aromatic heterocycles. The van der Waals surface area contributed by atoms with Gasteiger partial charge in [-0.2, -0.15) is 17.5 Å². The monoisotopic (exact) mass is 561 g/mol. The molecule has 12 heteroatoms. The van der Waals surface area contributed by atoms with Gasteiger partial charge in [0.2, 0.25) is 15.9 Å². The molecule has 2 fully saturated rings. The van der Waals surface area contributed by atoms with Crippen LogP contribution in [0.5, 0.6) is 0 Å². The van der Waals surface area contributed by atoms with Crippen LogP contribution >= 0.6 is 0 Å². The molecule has 1 saturated carbocycles. The lowest BCUT2D eigenvalue weighted by molar-refractivity contribution is -0.137. The number of fused-ring (bicyclic) bond motifs is 1. The summed E-state index contributed by atoms with van der Waals surface area (Å²) in [5.41, 5.74) is -1.63. The van der Waals surface area contributed by atoms with E-state index in [2.05, 4.69) is 5.32 Å². The highest BCUT2D eigenvalue weighted by atomic mass is 32.2. The number of likely N-dealkylation sites (N-methyl/N-ethyl adjacent to an activating group) is 1. The highest BCUT2D eigenvalue weighted by Crippen LogP contribution is 2.40. The summed E-state index contributed by atoms with van der Waals surface area (Å²) in [6, 6.07) is 2.47. The van der Waals surface area contributed by atoms with Crippen molar-refractivity contribution in [2.24, 2.45) is 17.8 Å². The quantitative estimate of drug-likeness (QED) is 0.529. The Balaban J connectivity index is 1.70. The Morgan fingerprint density at radius 3 is 2.24 bits per heavy atom. The lowest BCUT2D eigenvalue weighted by Crippen LogP contribution is -2.52. The average molecular weight is 562 g/mol. The molecule has 1 aliphatic carbocycles. The van der Waals surface area contributed by atoms with Crippen LogP contribution in [0.15, 0.2) is 29.2 Å². The Bertz CT molecular complexity index is 1120. The van der Waals surface area contributed by atoms with Gasteiger partial charge >= 0.3 is 12.3 Å². The smallest absolute Gasteiger partial charge is 0.416 e. The van der Waals surface area contributed by atoms with Gasteiger partial charge in [0.15, 0.2) is 0 Å². The number of nitrogens with one attached hydrogen (secondary N) is 1. The summed E-state index contributed by atoms with van der Waals surface area (Å²) < 4.78 is 71.7. The van der Waals surface area contributed by atoms with Crippen molar-refractivity contribution >= 4 is 22.0 Å². The van der Waals surface area contributed by atoms with Gasteiger partial charge in [0.05, 0.1) is 10.5 Å². The van der Waals surface area contributed by atoms with Crippen molar-refractivity contribution in [1.29, 1.82) is 0 Å². The Morgan fingerprint density at radius 2 is 1.71 bits per heavy atom. The second-order valence-corrected chi connectivity index (χ2v) is 13.6. The van der Waals surface area contributed by atoms with Gasteiger partial charge < -0.3 is 10.1 Å². The van der Waals surface area contributed by atoms with E-state index in [0.29, 0.717) is 19.3 Å². The Morgan fingerprint density at radius 1 is 1.11 bits per heavy atom. The van der Waals surface area contributed by atoms with Crippen LogP contribution in [0.3, 0.4) is 0 Å². The van der Waals surface area contributed by atoms with Crippen LogP contribution < -0.4 is 5.32 Å². The fourth-order valence-corrected chi connectivity index (χ4v) is 6.73. The van der Waals surface area contributed by atoms with Crippen molar-refractivity contribution in [3.63, 3.8) is 0 Å². The highest BCUT2D eigenvalue weighted by Gasteiger charge is 2.47. The summed E-state index contributed by atoms with van der Waals surface area (Å²) >= 11 is 0. The topological polar surface area (TPSA) is 96.0 Å². The fourth-order valence-electron chi connectivity index (χ4n) is 5.19. The van der Waals surface area contributed by atoms with Crippen LogP contribution in [0.2, 0.25) is 0 Å². The van der Waals surface area contributed by atoms with E-state index in [1.807, 2.05) is 13.8 Å². The molecule has 3 rings (SSSR count). The van der Waals surface area contributed by atoms with Crippen LogP contribution in [0.1, 0.15) is 59.4 Å². The van der Waals surface area contributed by atoms with E-state index in [4.69, 9.17) is 4.74 Å². The molecular weight excluding hydrogens is 523 g/mol. The number of carbonyl (C=O) groups is 2. The van der Waals surface area contributed by atoms with Gasteiger partial charge in [-0.05, 0) is 82.1 Å². The highest BCUT2D eigenvalue weighted by molar-refractivity contribution is 7.89. The summed E-state index contributed by atoms with van der Waals surface area (Å²) in [4.78, 5) is 27.1. The summed E-state index contributed by atoms with van der Waals surface area (Å²) in [7, 11) is -2.45. The van der Waals surface area contributed by atoms with Crippen molar-refractivity contribution in [2.75, 3.05) is 20.1 Å². The van der Waals surface area contributed by atoms with Crippen molar-refractivity contribution in [3.8, 4) is 0 Å². The second-order valence-electron chi connectivity index (χ2n) is 11.7. The molecule has 1 aliphatic heterocycles. The Hall–Kier alpha value is -2.34. The maximum absolute atomic E-state index is 13.4. The molecule has 1 saturated heterocycles. The molecule has 1 aromatic rings.